The molecule has 0 spiro atoms. The van der Waals surface area contributed by atoms with Crippen molar-refractivity contribution in [2.75, 3.05) is 19.5 Å². The summed E-state index contributed by atoms with van der Waals surface area (Å²) in [5.41, 5.74) is 1.85. The first-order valence-corrected chi connectivity index (χ1v) is 6.40. The largest absolute Gasteiger partial charge is 0.466 e. The number of rotatable bonds is 5. The van der Waals surface area contributed by atoms with Crippen LogP contribution in [0.1, 0.15) is 18.1 Å². The third-order valence-electron chi connectivity index (χ3n) is 2.60. The van der Waals surface area contributed by atoms with Crippen LogP contribution in [0.25, 0.3) is 12.2 Å². The molecule has 0 radical (unpaired) electrons. The molecule has 1 aromatic carbocycles. The van der Waals surface area contributed by atoms with Gasteiger partial charge in [0.2, 0.25) is 5.91 Å². The molecule has 0 aromatic heterocycles. The first-order chi connectivity index (χ1) is 10.5. The standard InChI is InChI=1S/C16H17NO5/c1-11(18)17-14-10-12(5-8-15(19)21-2)4-6-13(14)7-9-16(20)22-3/h4-10H,1-3H3,(H,17,18). The van der Waals surface area contributed by atoms with Gasteiger partial charge in [0, 0.05) is 24.8 Å². The molecule has 1 N–H and O–H groups in total. The molecule has 0 heterocycles. The summed E-state index contributed by atoms with van der Waals surface area (Å²) in [5.74, 6) is -1.22. The van der Waals surface area contributed by atoms with Crippen LogP contribution in [0.2, 0.25) is 0 Å². The lowest BCUT2D eigenvalue weighted by atomic mass is 10.1. The van der Waals surface area contributed by atoms with Crippen LogP contribution >= 0.6 is 0 Å². The van der Waals surface area contributed by atoms with Gasteiger partial charge in [-0.2, -0.15) is 0 Å². The highest BCUT2D eigenvalue weighted by molar-refractivity contribution is 5.94. The summed E-state index contributed by atoms with van der Waals surface area (Å²) >= 11 is 0. The zero-order valence-electron chi connectivity index (χ0n) is 12.6. The Bertz CT molecular complexity index is 631. The molecule has 0 atom stereocenters. The quantitative estimate of drug-likeness (QED) is 0.664. The van der Waals surface area contributed by atoms with E-state index in [1.165, 1.54) is 39.4 Å². The maximum Gasteiger partial charge on any atom is 0.330 e. The van der Waals surface area contributed by atoms with Gasteiger partial charge in [-0.3, -0.25) is 4.79 Å². The predicted molar refractivity (Wildman–Crippen MR) is 82.8 cm³/mol. The van der Waals surface area contributed by atoms with E-state index in [4.69, 9.17) is 0 Å². The Morgan fingerprint density at radius 3 is 2.14 bits per heavy atom. The van der Waals surface area contributed by atoms with Gasteiger partial charge in [-0.1, -0.05) is 12.1 Å². The second kappa shape index (κ2) is 8.41. The molecule has 0 aliphatic carbocycles. The molecular weight excluding hydrogens is 286 g/mol. The highest BCUT2D eigenvalue weighted by Crippen LogP contribution is 2.20. The van der Waals surface area contributed by atoms with Crippen LogP contribution in [0, 0.1) is 0 Å². The molecule has 0 aliphatic rings. The molecule has 1 amide bonds. The van der Waals surface area contributed by atoms with Gasteiger partial charge in [0.1, 0.15) is 0 Å². The summed E-state index contributed by atoms with van der Waals surface area (Å²) in [6, 6.07) is 5.13. The fourth-order valence-corrected chi connectivity index (χ4v) is 1.58. The van der Waals surface area contributed by atoms with Crippen LogP contribution in [-0.2, 0) is 23.9 Å². The minimum Gasteiger partial charge on any atom is -0.466 e. The van der Waals surface area contributed by atoms with Crippen molar-refractivity contribution < 1.29 is 23.9 Å². The van der Waals surface area contributed by atoms with Crippen LogP contribution in [-0.4, -0.2) is 32.1 Å². The fourth-order valence-electron chi connectivity index (χ4n) is 1.58. The number of methoxy groups -OCH3 is 2. The molecule has 0 saturated carbocycles. The lowest BCUT2D eigenvalue weighted by molar-refractivity contribution is -0.135. The summed E-state index contributed by atoms with van der Waals surface area (Å²) in [5, 5.41) is 2.66. The average molecular weight is 303 g/mol. The second-order valence-electron chi connectivity index (χ2n) is 4.24. The van der Waals surface area contributed by atoms with Gasteiger partial charge in [0.05, 0.1) is 14.2 Å². The SMILES string of the molecule is COC(=O)C=Cc1ccc(C=CC(=O)OC)c(NC(C)=O)c1. The average Bonchev–Trinajstić information content (AvgIpc) is 2.50. The first kappa shape index (κ1) is 17.2. The number of carbonyl (C=O) groups excluding carboxylic acids is 3. The van der Waals surface area contributed by atoms with Crippen molar-refractivity contribution in [2.24, 2.45) is 0 Å². The monoisotopic (exact) mass is 303 g/mol. The number of esters is 2. The second-order valence-corrected chi connectivity index (χ2v) is 4.24. The number of nitrogens with one attached hydrogen (secondary N) is 1. The van der Waals surface area contributed by atoms with Gasteiger partial charge >= 0.3 is 11.9 Å². The molecular formula is C16H17NO5. The van der Waals surface area contributed by atoms with Crippen LogP contribution in [0.15, 0.2) is 30.4 Å². The van der Waals surface area contributed by atoms with Crippen molar-refractivity contribution in [3.8, 4) is 0 Å². The molecule has 0 aliphatic heterocycles. The highest BCUT2D eigenvalue weighted by atomic mass is 16.5. The molecule has 0 bridgehead atoms. The van der Waals surface area contributed by atoms with Gasteiger partial charge < -0.3 is 14.8 Å². The number of ether oxygens (including phenoxy) is 2. The first-order valence-electron chi connectivity index (χ1n) is 6.40. The zero-order valence-corrected chi connectivity index (χ0v) is 12.6. The number of hydrogen-bond acceptors (Lipinski definition) is 5. The van der Waals surface area contributed by atoms with Crippen molar-refractivity contribution in [1.29, 1.82) is 0 Å². The highest BCUT2D eigenvalue weighted by Gasteiger charge is 2.04. The van der Waals surface area contributed by atoms with E-state index in [0.29, 0.717) is 16.8 Å². The zero-order chi connectivity index (χ0) is 16.5. The van der Waals surface area contributed by atoms with E-state index in [1.807, 2.05) is 0 Å². The predicted octanol–water partition coefficient (Wildman–Crippen LogP) is 2.02. The van der Waals surface area contributed by atoms with Crippen LogP contribution in [0.3, 0.4) is 0 Å². The summed E-state index contributed by atoms with van der Waals surface area (Å²) in [4.78, 5) is 33.5. The molecule has 1 rings (SSSR count). The maximum atomic E-state index is 11.3. The molecule has 6 nitrogen and oxygen atoms in total. The van der Waals surface area contributed by atoms with E-state index in [9.17, 15) is 14.4 Å². The third kappa shape index (κ3) is 5.62. The van der Waals surface area contributed by atoms with Crippen molar-refractivity contribution in [2.45, 2.75) is 6.92 Å². The molecule has 0 saturated heterocycles. The molecule has 116 valence electrons. The van der Waals surface area contributed by atoms with Crippen LogP contribution < -0.4 is 5.32 Å². The number of amides is 1. The van der Waals surface area contributed by atoms with E-state index in [-0.39, 0.29) is 5.91 Å². The van der Waals surface area contributed by atoms with E-state index in [1.54, 1.807) is 24.3 Å². The Morgan fingerprint density at radius 1 is 1.00 bits per heavy atom. The van der Waals surface area contributed by atoms with E-state index in [2.05, 4.69) is 14.8 Å². The Morgan fingerprint density at radius 2 is 1.59 bits per heavy atom. The Labute approximate surface area is 128 Å². The Balaban J connectivity index is 3.10. The number of anilines is 1. The fraction of sp³-hybridized carbons (Fsp3) is 0.188. The van der Waals surface area contributed by atoms with Gasteiger partial charge in [0.25, 0.3) is 0 Å². The number of benzene rings is 1. The molecule has 22 heavy (non-hydrogen) atoms. The molecule has 1 aromatic rings. The summed E-state index contributed by atoms with van der Waals surface area (Å²) in [7, 11) is 2.57. The molecule has 0 unspecified atom stereocenters. The van der Waals surface area contributed by atoms with E-state index >= 15 is 0 Å². The Hall–Kier alpha value is -2.89. The van der Waals surface area contributed by atoms with Crippen LogP contribution in [0.4, 0.5) is 5.69 Å². The topological polar surface area (TPSA) is 81.7 Å². The van der Waals surface area contributed by atoms with E-state index in [0.717, 1.165) is 0 Å². The van der Waals surface area contributed by atoms with Crippen molar-refractivity contribution in [3.63, 3.8) is 0 Å². The van der Waals surface area contributed by atoms with Crippen molar-refractivity contribution in [1.82, 2.24) is 0 Å². The summed E-state index contributed by atoms with van der Waals surface area (Å²) < 4.78 is 9.03. The molecule has 0 fully saturated rings. The lowest BCUT2D eigenvalue weighted by Crippen LogP contribution is -2.07. The smallest absolute Gasteiger partial charge is 0.330 e. The van der Waals surface area contributed by atoms with E-state index < -0.39 is 11.9 Å². The number of carbonyl (C=O) groups is 3. The Kier molecular flexibility index (Phi) is 6.56. The maximum absolute atomic E-state index is 11.3. The minimum atomic E-state index is -0.497. The summed E-state index contributed by atoms with van der Waals surface area (Å²) in [6.07, 6.45) is 5.62. The summed E-state index contributed by atoms with van der Waals surface area (Å²) in [6.45, 7) is 1.38. The van der Waals surface area contributed by atoms with Crippen LogP contribution in [0.5, 0.6) is 0 Å². The molecule has 6 heteroatoms. The lowest BCUT2D eigenvalue weighted by Gasteiger charge is -2.08. The van der Waals surface area contributed by atoms with Crippen molar-refractivity contribution >= 4 is 35.7 Å². The van der Waals surface area contributed by atoms with Gasteiger partial charge in [-0.15, -0.1) is 0 Å². The minimum absolute atomic E-state index is 0.248. The number of hydrogen-bond donors (Lipinski definition) is 1. The normalized spacial score (nSPS) is 10.7. The van der Waals surface area contributed by atoms with Gasteiger partial charge in [-0.05, 0) is 29.3 Å². The van der Waals surface area contributed by atoms with Gasteiger partial charge in [0.15, 0.2) is 0 Å². The van der Waals surface area contributed by atoms with Crippen molar-refractivity contribution in [3.05, 3.63) is 41.5 Å². The third-order valence-corrected chi connectivity index (χ3v) is 2.60. The van der Waals surface area contributed by atoms with Gasteiger partial charge in [-0.25, -0.2) is 9.59 Å².